The summed E-state index contributed by atoms with van der Waals surface area (Å²) < 4.78 is 11.0. The van der Waals surface area contributed by atoms with E-state index in [9.17, 15) is 0 Å². The van der Waals surface area contributed by atoms with Crippen LogP contribution in [0.5, 0.6) is 11.5 Å². The van der Waals surface area contributed by atoms with Crippen LogP contribution in [0, 0.1) is 19.3 Å². The molecule has 0 unspecified atom stereocenters. The molecule has 0 spiro atoms. The van der Waals surface area contributed by atoms with Gasteiger partial charge in [0.25, 0.3) is 0 Å². The van der Waals surface area contributed by atoms with Crippen molar-refractivity contribution in [1.29, 1.82) is 5.41 Å². The number of hydrogen-bond donors (Lipinski definition) is 2. The molecule has 2 rings (SSSR count). The van der Waals surface area contributed by atoms with Gasteiger partial charge in [0, 0.05) is 11.6 Å². The summed E-state index contributed by atoms with van der Waals surface area (Å²) in [5.41, 5.74) is 9.65. The number of benzene rings is 2. The minimum absolute atomic E-state index is 0.00881. The Morgan fingerprint density at radius 2 is 1.81 bits per heavy atom. The summed E-state index contributed by atoms with van der Waals surface area (Å²) in [5, 5.41) is 7.53. The molecule has 0 atom stereocenters. The molecule has 0 saturated heterocycles. The van der Waals surface area contributed by atoms with Crippen LogP contribution in [0.2, 0.25) is 0 Å². The molecule has 3 N–H and O–H groups in total. The zero-order valence-electron chi connectivity index (χ0n) is 12.6. The van der Waals surface area contributed by atoms with Gasteiger partial charge in [-0.25, -0.2) is 0 Å². The van der Waals surface area contributed by atoms with Crippen LogP contribution in [-0.2, 0) is 6.61 Å². The largest absolute Gasteiger partial charge is 0.497 e. The van der Waals surface area contributed by atoms with Gasteiger partial charge in [-0.2, -0.15) is 0 Å². The minimum atomic E-state index is -0.00881. The Balaban J connectivity index is 2.21. The third-order valence-corrected chi connectivity index (χ3v) is 3.33. The fourth-order valence-corrected chi connectivity index (χ4v) is 2.05. The predicted octanol–water partition coefficient (Wildman–Crippen LogP) is 3.18. The predicted molar refractivity (Wildman–Crippen MR) is 84.3 cm³/mol. The third kappa shape index (κ3) is 3.75. The number of aryl methyl sites for hydroxylation is 2. The van der Waals surface area contributed by atoms with Crippen LogP contribution in [0.4, 0.5) is 0 Å². The molecule has 4 nitrogen and oxygen atoms in total. The quantitative estimate of drug-likeness (QED) is 0.654. The van der Waals surface area contributed by atoms with Crippen molar-refractivity contribution in [3.05, 3.63) is 58.7 Å². The topological polar surface area (TPSA) is 68.3 Å². The van der Waals surface area contributed by atoms with E-state index in [1.165, 1.54) is 11.1 Å². The molecule has 0 saturated carbocycles. The number of hydrogen-bond acceptors (Lipinski definition) is 3. The van der Waals surface area contributed by atoms with Gasteiger partial charge in [-0.3, -0.25) is 5.41 Å². The van der Waals surface area contributed by atoms with Crippen molar-refractivity contribution >= 4 is 5.84 Å². The number of ether oxygens (including phenoxy) is 2. The van der Waals surface area contributed by atoms with Crippen molar-refractivity contribution in [2.45, 2.75) is 20.5 Å². The summed E-state index contributed by atoms with van der Waals surface area (Å²) in [5.74, 6) is 1.25. The van der Waals surface area contributed by atoms with E-state index in [0.717, 1.165) is 5.56 Å². The summed E-state index contributed by atoms with van der Waals surface area (Å²) >= 11 is 0. The number of nitrogens with two attached hydrogens (primary N) is 1. The Bertz CT molecular complexity index is 666. The highest BCUT2D eigenvalue weighted by atomic mass is 16.5. The number of methoxy groups -OCH3 is 1. The third-order valence-electron chi connectivity index (χ3n) is 3.33. The van der Waals surface area contributed by atoms with E-state index in [4.69, 9.17) is 20.6 Å². The van der Waals surface area contributed by atoms with Gasteiger partial charge in [-0.15, -0.1) is 0 Å². The number of nitrogens with one attached hydrogen (secondary N) is 1. The Hall–Kier alpha value is -2.49. The van der Waals surface area contributed by atoms with E-state index in [2.05, 4.69) is 32.0 Å². The normalized spacial score (nSPS) is 10.2. The lowest BCUT2D eigenvalue weighted by atomic mass is 10.1. The van der Waals surface area contributed by atoms with Crippen molar-refractivity contribution in [2.24, 2.45) is 5.73 Å². The van der Waals surface area contributed by atoms with Crippen LogP contribution in [0.25, 0.3) is 0 Å². The first-order valence-electron chi connectivity index (χ1n) is 6.72. The van der Waals surface area contributed by atoms with Crippen molar-refractivity contribution in [3.63, 3.8) is 0 Å². The highest BCUT2D eigenvalue weighted by molar-refractivity contribution is 5.95. The molecular formula is C17H20N2O2. The van der Waals surface area contributed by atoms with Crippen molar-refractivity contribution in [3.8, 4) is 11.5 Å². The molecule has 0 fully saturated rings. The zero-order valence-corrected chi connectivity index (χ0v) is 12.6. The van der Waals surface area contributed by atoms with Gasteiger partial charge in [0.05, 0.1) is 7.11 Å². The summed E-state index contributed by atoms with van der Waals surface area (Å²) in [6.45, 7) is 4.59. The maximum atomic E-state index is 7.53. The van der Waals surface area contributed by atoms with Crippen molar-refractivity contribution in [1.82, 2.24) is 0 Å². The molecule has 0 amide bonds. The fraction of sp³-hybridized carbons (Fsp3) is 0.235. The van der Waals surface area contributed by atoms with Gasteiger partial charge in [0.1, 0.15) is 23.9 Å². The van der Waals surface area contributed by atoms with Crippen LogP contribution in [0.1, 0.15) is 22.3 Å². The van der Waals surface area contributed by atoms with Crippen LogP contribution >= 0.6 is 0 Å². The van der Waals surface area contributed by atoms with E-state index in [1.54, 1.807) is 25.3 Å². The average molecular weight is 284 g/mol. The first kappa shape index (κ1) is 14.9. The maximum Gasteiger partial charge on any atom is 0.124 e. The highest BCUT2D eigenvalue weighted by Crippen LogP contribution is 2.24. The molecule has 110 valence electrons. The molecule has 0 aromatic heterocycles. The first-order chi connectivity index (χ1) is 9.99. The monoisotopic (exact) mass is 284 g/mol. The molecule has 2 aromatic rings. The lowest BCUT2D eigenvalue weighted by molar-refractivity contribution is 0.303. The fourth-order valence-electron chi connectivity index (χ4n) is 2.05. The van der Waals surface area contributed by atoms with E-state index in [1.807, 2.05) is 0 Å². The molecule has 0 aliphatic rings. The summed E-state index contributed by atoms with van der Waals surface area (Å²) in [4.78, 5) is 0. The second-order valence-corrected chi connectivity index (χ2v) is 5.03. The molecule has 0 bridgehead atoms. The number of nitrogen functional groups attached to an aromatic ring is 1. The first-order valence-corrected chi connectivity index (χ1v) is 6.72. The molecule has 0 aliphatic carbocycles. The van der Waals surface area contributed by atoms with Crippen LogP contribution in [-0.4, -0.2) is 12.9 Å². The standard InChI is InChI=1S/C17H20N2O2/c1-11-4-5-12(2)14(6-11)10-21-16-8-13(17(18)19)7-15(9-16)20-3/h4-9H,10H2,1-3H3,(H3,18,19). The summed E-state index contributed by atoms with van der Waals surface area (Å²) in [6, 6.07) is 11.5. The summed E-state index contributed by atoms with van der Waals surface area (Å²) in [6.07, 6.45) is 0. The smallest absolute Gasteiger partial charge is 0.124 e. The van der Waals surface area contributed by atoms with Crippen LogP contribution in [0.3, 0.4) is 0 Å². The highest BCUT2D eigenvalue weighted by Gasteiger charge is 2.06. The van der Waals surface area contributed by atoms with Crippen LogP contribution < -0.4 is 15.2 Å². The Morgan fingerprint density at radius 3 is 2.48 bits per heavy atom. The van der Waals surface area contributed by atoms with Gasteiger partial charge < -0.3 is 15.2 Å². The molecule has 0 radical (unpaired) electrons. The average Bonchev–Trinajstić information content (AvgIpc) is 2.47. The van der Waals surface area contributed by atoms with Gasteiger partial charge in [0.15, 0.2) is 0 Å². The molecule has 2 aromatic carbocycles. The van der Waals surface area contributed by atoms with Crippen molar-refractivity contribution < 1.29 is 9.47 Å². The SMILES string of the molecule is COc1cc(OCc2cc(C)ccc2C)cc(C(=N)N)c1. The molecule has 4 heteroatoms. The van der Waals surface area contributed by atoms with Crippen molar-refractivity contribution in [2.75, 3.05) is 7.11 Å². The lowest BCUT2D eigenvalue weighted by Gasteiger charge is -2.12. The Labute approximate surface area is 125 Å². The molecular weight excluding hydrogens is 264 g/mol. The van der Waals surface area contributed by atoms with Crippen LogP contribution in [0.15, 0.2) is 36.4 Å². The summed E-state index contributed by atoms with van der Waals surface area (Å²) in [7, 11) is 1.58. The number of rotatable bonds is 5. The van der Waals surface area contributed by atoms with E-state index in [-0.39, 0.29) is 5.84 Å². The maximum absolute atomic E-state index is 7.53. The minimum Gasteiger partial charge on any atom is -0.497 e. The van der Waals surface area contributed by atoms with Gasteiger partial charge in [-0.1, -0.05) is 23.8 Å². The van der Waals surface area contributed by atoms with E-state index < -0.39 is 0 Å². The molecule has 21 heavy (non-hydrogen) atoms. The van der Waals surface area contributed by atoms with E-state index in [0.29, 0.717) is 23.7 Å². The van der Waals surface area contributed by atoms with E-state index >= 15 is 0 Å². The molecule has 0 aliphatic heterocycles. The zero-order chi connectivity index (χ0) is 15.4. The van der Waals surface area contributed by atoms with Gasteiger partial charge in [-0.05, 0) is 37.1 Å². The number of amidine groups is 1. The second-order valence-electron chi connectivity index (χ2n) is 5.03. The van der Waals surface area contributed by atoms with Gasteiger partial charge in [0.2, 0.25) is 0 Å². The molecule has 0 heterocycles. The second kappa shape index (κ2) is 6.31. The Kier molecular flexibility index (Phi) is 4.48. The Morgan fingerprint density at radius 1 is 1.10 bits per heavy atom. The lowest BCUT2D eigenvalue weighted by Crippen LogP contribution is -2.11. The van der Waals surface area contributed by atoms with Gasteiger partial charge >= 0.3 is 0 Å².